The summed E-state index contributed by atoms with van der Waals surface area (Å²) in [5.74, 6) is -0.150. The molecule has 0 aromatic heterocycles. The molecule has 1 heterocycles. The highest BCUT2D eigenvalue weighted by molar-refractivity contribution is 7.89. The molecule has 0 amide bonds. The lowest BCUT2D eigenvalue weighted by Crippen LogP contribution is -2.52. The Morgan fingerprint density at radius 2 is 2.14 bits per heavy atom. The summed E-state index contributed by atoms with van der Waals surface area (Å²) in [6.07, 6.45) is 2.82. The van der Waals surface area contributed by atoms with Gasteiger partial charge in [-0.2, -0.15) is 0 Å². The van der Waals surface area contributed by atoms with Gasteiger partial charge in [-0.15, -0.1) is 0 Å². The molecule has 1 aliphatic carbocycles. The van der Waals surface area contributed by atoms with Gasteiger partial charge < -0.3 is 9.47 Å². The van der Waals surface area contributed by atoms with Gasteiger partial charge in [-0.1, -0.05) is 0 Å². The van der Waals surface area contributed by atoms with Crippen LogP contribution in [-0.4, -0.2) is 39.1 Å². The van der Waals surface area contributed by atoms with Crippen molar-refractivity contribution < 1.29 is 17.9 Å². The van der Waals surface area contributed by atoms with Crippen LogP contribution >= 0.6 is 0 Å². The van der Waals surface area contributed by atoms with E-state index in [2.05, 4.69) is 0 Å². The average Bonchev–Trinajstić information content (AvgIpc) is 2.00. The summed E-state index contributed by atoms with van der Waals surface area (Å²) in [4.78, 5) is 0. The lowest BCUT2D eigenvalue weighted by molar-refractivity contribution is -0.214. The lowest BCUT2D eigenvalue weighted by Gasteiger charge is -2.46. The van der Waals surface area contributed by atoms with Crippen LogP contribution in [0.25, 0.3) is 0 Å². The first-order valence-electron chi connectivity index (χ1n) is 4.75. The van der Waals surface area contributed by atoms with Gasteiger partial charge in [-0.3, -0.25) is 0 Å². The van der Waals surface area contributed by atoms with E-state index in [1.165, 1.54) is 6.42 Å². The molecule has 2 N–H and O–H groups in total. The van der Waals surface area contributed by atoms with Gasteiger partial charge >= 0.3 is 0 Å². The van der Waals surface area contributed by atoms with Crippen LogP contribution in [0.3, 0.4) is 0 Å². The molecule has 0 bridgehead atoms. The maximum absolute atomic E-state index is 10.8. The molecule has 6 heteroatoms. The average molecular weight is 221 g/mol. The Balaban J connectivity index is 1.84. The van der Waals surface area contributed by atoms with Crippen LogP contribution in [-0.2, 0) is 19.5 Å². The Kier molecular flexibility index (Phi) is 2.55. The summed E-state index contributed by atoms with van der Waals surface area (Å²) < 4.78 is 32.6. The number of nitrogens with two attached hydrogens (primary N) is 1. The van der Waals surface area contributed by atoms with Crippen molar-refractivity contribution in [2.24, 2.45) is 5.14 Å². The predicted molar refractivity (Wildman–Crippen MR) is 50.2 cm³/mol. The second-order valence-corrected chi connectivity index (χ2v) is 5.77. The summed E-state index contributed by atoms with van der Waals surface area (Å²) in [6, 6.07) is 0. The summed E-state index contributed by atoms with van der Waals surface area (Å²) in [5.41, 5.74) is -0.102. The van der Waals surface area contributed by atoms with Crippen molar-refractivity contribution in [3.63, 3.8) is 0 Å². The predicted octanol–water partition coefficient (Wildman–Crippen LogP) is -0.387. The minimum atomic E-state index is -3.45. The largest absolute Gasteiger partial charge is 0.372 e. The summed E-state index contributed by atoms with van der Waals surface area (Å²) in [5, 5.41) is 4.92. The minimum absolute atomic E-state index is 0.102. The third kappa shape index (κ3) is 2.25. The Morgan fingerprint density at radius 3 is 2.50 bits per heavy atom. The van der Waals surface area contributed by atoms with Gasteiger partial charge in [0.15, 0.2) is 0 Å². The van der Waals surface area contributed by atoms with Crippen LogP contribution < -0.4 is 5.14 Å². The smallest absolute Gasteiger partial charge is 0.211 e. The molecule has 2 fully saturated rings. The molecular formula is C8H15NO4S. The molecule has 1 saturated carbocycles. The van der Waals surface area contributed by atoms with Crippen molar-refractivity contribution >= 4 is 10.0 Å². The first kappa shape index (κ1) is 10.4. The topological polar surface area (TPSA) is 78.6 Å². The molecular weight excluding hydrogens is 206 g/mol. The Hall–Kier alpha value is -0.170. The van der Waals surface area contributed by atoms with Crippen molar-refractivity contribution in [1.82, 2.24) is 0 Å². The van der Waals surface area contributed by atoms with E-state index in [1.807, 2.05) is 0 Å². The van der Waals surface area contributed by atoms with Gasteiger partial charge in [0.2, 0.25) is 10.0 Å². The fourth-order valence-corrected chi connectivity index (χ4v) is 2.56. The number of ether oxygens (including phenoxy) is 2. The molecule has 5 nitrogen and oxygen atoms in total. The molecule has 1 saturated heterocycles. The molecule has 1 spiro atoms. The van der Waals surface area contributed by atoms with E-state index in [-0.39, 0.29) is 11.4 Å². The zero-order valence-electron chi connectivity index (χ0n) is 7.94. The summed E-state index contributed by atoms with van der Waals surface area (Å²) in [6.45, 7) is 0.851. The van der Waals surface area contributed by atoms with E-state index >= 15 is 0 Å². The van der Waals surface area contributed by atoms with E-state index < -0.39 is 16.1 Å². The molecule has 0 aromatic carbocycles. The van der Waals surface area contributed by atoms with Crippen LogP contribution in [0.2, 0.25) is 0 Å². The van der Waals surface area contributed by atoms with Crippen LogP contribution in [0.4, 0.5) is 0 Å². The highest BCUT2D eigenvalue weighted by Crippen LogP contribution is 2.38. The van der Waals surface area contributed by atoms with Gasteiger partial charge in [0.25, 0.3) is 0 Å². The Labute approximate surface area is 83.6 Å². The van der Waals surface area contributed by atoms with Crippen LogP contribution in [0, 0.1) is 0 Å². The number of hydrogen-bond acceptors (Lipinski definition) is 4. The molecule has 2 aliphatic rings. The summed E-state index contributed by atoms with van der Waals surface area (Å²) in [7, 11) is -3.45. The van der Waals surface area contributed by atoms with E-state index in [1.54, 1.807) is 0 Å². The molecule has 0 aromatic rings. The maximum atomic E-state index is 10.8. The van der Waals surface area contributed by atoms with Gasteiger partial charge in [-0.25, -0.2) is 13.6 Å². The number of sulfonamides is 1. The van der Waals surface area contributed by atoms with E-state index in [9.17, 15) is 8.42 Å². The normalized spacial score (nSPS) is 31.4. The highest BCUT2D eigenvalue weighted by atomic mass is 32.2. The van der Waals surface area contributed by atoms with Crippen molar-refractivity contribution in [2.75, 3.05) is 19.0 Å². The first-order valence-corrected chi connectivity index (χ1v) is 6.47. The van der Waals surface area contributed by atoms with Crippen molar-refractivity contribution in [3.05, 3.63) is 0 Å². The second-order valence-electron chi connectivity index (χ2n) is 4.11. The molecule has 1 atom stereocenters. The van der Waals surface area contributed by atoms with Crippen LogP contribution in [0.15, 0.2) is 0 Å². The number of hydrogen-bond donors (Lipinski definition) is 1. The summed E-state index contributed by atoms with van der Waals surface area (Å²) >= 11 is 0. The SMILES string of the molecule is NS(=O)(=O)CC1COC2(CCC2)CO1. The minimum Gasteiger partial charge on any atom is -0.372 e. The number of primary sulfonamides is 1. The van der Waals surface area contributed by atoms with Crippen LogP contribution in [0.1, 0.15) is 19.3 Å². The fraction of sp³-hybridized carbons (Fsp3) is 1.00. The third-order valence-electron chi connectivity index (χ3n) is 2.84. The lowest BCUT2D eigenvalue weighted by atomic mass is 9.80. The maximum Gasteiger partial charge on any atom is 0.211 e. The highest BCUT2D eigenvalue weighted by Gasteiger charge is 2.42. The van der Waals surface area contributed by atoms with Gasteiger partial charge in [0.1, 0.15) is 0 Å². The first-order chi connectivity index (χ1) is 6.49. The zero-order valence-corrected chi connectivity index (χ0v) is 8.76. The number of rotatable bonds is 2. The third-order valence-corrected chi connectivity index (χ3v) is 3.68. The zero-order chi connectivity index (χ0) is 10.2. The second kappa shape index (κ2) is 3.44. The quantitative estimate of drug-likeness (QED) is 0.689. The molecule has 82 valence electrons. The van der Waals surface area contributed by atoms with Crippen molar-refractivity contribution in [2.45, 2.75) is 31.0 Å². The van der Waals surface area contributed by atoms with Gasteiger partial charge in [0, 0.05) is 0 Å². The van der Waals surface area contributed by atoms with E-state index in [0.717, 1.165) is 12.8 Å². The van der Waals surface area contributed by atoms with E-state index in [4.69, 9.17) is 14.6 Å². The Morgan fingerprint density at radius 1 is 1.43 bits per heavy atom. The van der Waals surface area contributed by atoms with Crippen molar-refractivity contribution in [3.8, 4) is 0 Å². The molecule has 2 rings (SSSR count). The van der Waals surface area contributed by atoms with E-state index in [0.29, 0.717) is 13.2 Å². The van der Waals surface area contributed by atoms with Gasteiger partial charge in [0.05, 0.1) is 30.7 Å². The standard InChI is InChI=1S/C8H15NO4S/c9-14(10,11)5-7-4-13-8(6-12-7)2-1-3-8/h7H,1-6H2,(H2,9,10,11). The fourth-order valence-electron chi connectivity index (χ4n) is 1.84. The molecule has 1 unspecified atom stereocenters. The Bertz CT molecular complexity index is 299. The molecule has 14 heavy (non-hydrogen) atoms. The van der Waals surface area contributed by atoms with Crippen LogP contribution in [0.5, 0.6) is 0 Å². The monoisotopic (exact) mass is 221 g/mol. The van der Waals surface area contributed by atoms with Gasteiger partial charge in [-0.05, 0) is 19.3 Å². The molecule has 1 aliphatic heterocycles. The molecule has 0 radical (unpaired) electrons. The van der Waals surface area contributed by atoms with Crippen molar-refractivity contribution in [1.29, 1.82) is 0 Å².